The third-order valence-electron chi connectivity index (χ3n) is 3.48. The van der Waals surface area contributed by atoms with E-state index in [0.29, 0.717) is 6.54 Å². The normalized spacial score (nSPS) is 11.6. The molecule has 0 spiro atoms. The summed E-state index contributed by atoms with van der Waals surface area (Å²) in [5.41, 5.74) is 1.94. The van der Waals surface area contributed by atoms with Crippen molar-refractivity contribution in [2.24, 2.45) is 0 Å². The first-order valence-electron chi connectivity index (χ1n) is 7.55. The lowest BCUT2D eigenvalue weighted by Crippen LogP contribution is -2.44. The molecule has 2 nitrogen and oxygen atoms in total. The molecular weight excluding hydrogens is 270 g/mol. The molecule has 2 aromatic carbocycles. The third kappa shape index (κ3) is 4.59. The number of rotatable bonds is 4. The molecule has 114 valence electrons. The SMILES string of the molecule is CC(C)(C)N(Cc1ccccc1)C(=O)C=Cc1ccccc1. The predicted molar refractivity (Wildman–Crippen MR) is 92.2 cm³/mol. The Morgan fingerprint density at radius 2 is 1.50 bits per heavy atom. The molecule has 0 aromatic heterocycles. The first kappa shape index (κ1) is 16.0. The van der Waals surface area contributed by atoms with Gasteiger partial charge in [0, 0.05) is 18.2 Å². The maximum Gasteiger partial charge on any atom is 0.247 e. The molecule has 0 aliphatic rings. The quantitative estimate of drug-likeness (QED) is 0.759. The Morgan fingerprint density at radius 3 is 2.05 bits per heavy atom. The average Bonchev–Trinajstić information content (AvgIpc) is 2.51. The predicted octanol–water partition coefficient (Wildman–Crippen LogP) is 4.53. The Balaban J connectivity index is 2.15. The van der Waals surface area contributed by atoms with Gasteiger partial charge in [0.1, 0.15) is 0 Å². The van der Waals surface area contributed by atoms with Crippen LogP contribution in [0.1, 0.15) is 31.9 Å². The summed E-state index contributed by atoms with van der Waals surface area (Å²) in [7, 11) is 0. The highest BCUT2D eigenvalue weighted by Gasteiger charge is 2.24. The van der Waals surface area contributed by atoms with Crippen molar-refractivity contribution in [3.05, 3.63) is 77.9 Å². The number of carbonyl (C=O) groups is 1. The fourth-order valence-corrected chi connectivity index (χ4v) is 2.23. The maximum absolute atomic E-state index is 12.6. The van der Waals surface area contributed by atoms with Gasteiger partial charge >= 0.3 is 0 Å². The first-order valence-corrected chi connectivity index (χ1v) is 7.55. The molecule has 22 heavy (non-hydrogen) atoms. The molecule has 2 rings (SSSR count). The molecule has 0 bridgehead atoms. The highest BCUT2D eigenvalue weighted by molar-refractivity contribution is 5.92. The van der Waals surface area contributed by atoms with E-state index >= 15 is 0 Å². The minimum atomic E-state index is -0.228. The average molecular weight is 293 g/mol. The molecule has 2 heteroatoms. The Bertz CT molecular complexity index is 624. The molecule has 0 N–H and O–H groups in total. The number of nitrogens with zero attached hydrogens (tertiary/aromatic N) is 1. The van der Waals surface area contributed by atoms with Gasteiger partial charge in [-0.1, -0.05) is 60.7 Å². The number of amides is 1. The van der Waals surface area contributed by atoms with Crippen molar-refractivity contribution in [3.8, 4) is 0 Å². The van der Waals surface area contributed by atoms with Gasteiger partial charge in [-0.3, -0.25) is 4.79 Å². The smallest absolute Gasteiger partial charge is 0.247 e. The van der Waals surface area contributed by atoms with E-state index < -0.39 is 0 Å². The number of carbonyl (C=O) groups excluding carboxylic acids is 1. The third-order valence-corrected chi connectivity index (χ3v) is 3.48. The maximum atomic E-state index is 12.6. The fraction of sp³-hybridized carbons (Fsp3) is 0.250. The van der Waals surface area contributed by atoms with Crippen molar-refractivity contribution in [1.82, 2.24) is 4.90 Å². The van der Waals surface area contributed by atoms with Crippen molar-refractivity contribution in [3.63, 3.8) is 0 Å². The van der Waals surface area contributed by atoms with E-state index in [1.165, 1.54) is 0 Å². The molecule has 0 radical (unpaired) electrons. The van der Waals surface area contributed by atoms with E-state index in [9.17, 15) is 4.79 Å². The van der Waals surface area contributed by atoms with E-state index in [-0.39, 0.29) is 11.4 Å². The zero-order valence-corrected chi connectivity index (χ0v) is 13.5. The summed E-state index contributed by atoms with van der Waals surface area (Å²) in [6, 6.07) is 20.0. The number of hydrogen-bond donors (Lipinski definition) is 0. The first-order chi connectivity index (χ1) is 10.5. The van der Waals surface area contributed by atoms with Crippen molar-refractivity contribution in [2.45, 2.75) is 32.9 Å². The van der Waals surface area contributed by atoms with Crippen LogP contribution in [0.3, 0.4) is 0 Å². The van der Waals surface area contributed by atoms with Crippen LogP contribution in [0.25, 0.3) is 6.08 Å². The van der Waals surface area contributed by atoms with Crippen molar-refractivity contribution < 1.29 is 4.79 Å². The van der Waals surface area contributed by atoms with Crippen molar-refractivity contribution in [2.75, 3.05) is 0 Å². The minimum Gasteiger partial charge on any atom is -0.330 e. The Labute approximate surface area is 133 Å². The molecule has 2 aromatic rings. The lowest BCUT2D eigenvalue weighted by Gasteiger charge is -2.35. The second-order valence-corrected chi connectivity index (χ2v) is 6.32. The van der Waals surface area contributed by atoms with Gasteiger partial charge in [0.2, 0.25) is 5.91 Å². The fourth-order valence-electron chi connectivity index (χ4n) is 2.23. The van der Waals surface area contributed by atoms with E-state index in [1.807, 2.05) is 71.6 Å². The van der Waals surface area contributed by atoms with Crippen LogP contribution in [0.2, 0.25) is 0 Å². The number of benzene rings is 2. The summed E-state index contributed by atoms with van der Waals surface area (Å²) < 4.78 is 0. The van der Waals surface area contributed by atoms with Gasteiger partial charge in [-0.2, -0.15) is 0 Å². The summed E-state index contributed by atoms with van der Waals surface area (Å²) in [5.74, 6) is 0.0280. The molecule has 0 saturated carbocycles. The standard InChI is InChI=1S/C20H23NO/c1-20(2,3)21(16-18-12-8-5-9-13-18)19(22)15-14-17-10-6-4-7-11-17/h4-15H,16H2,1-3H3. The van der Waals surface area contributed by atoms with Crippen molar-refractivity contribution in [1.29, 1.82) is 0 Å². The summed E-state index contributed by atoms with van der Waals surface area (Å²) >= 11 is 0. The van der Waals surface area contributed by atoms with Gasteiger partial charge in [0.05, 0.1) is 0 Å². The van der Waals surface area contributed by atoms with Crippen LogP contribution in [0, 0.1) is 0 Å². The van der Waals surface area contributed by atoms with E-state index in [4.69, 9.17) is 0 Å². The molecule has 0 heterocycles. The molecule has 0 fully saturated rings. The largest absolute Gasteiger partial charge is 0.330 e. The van der Waals surface area contributed by atoms with Crippen LogP contribution in [-0.4, -0.2) is 16.3 Å². The molecule has 0 saturated heterocycles. The Morgan fingerprint density at radius 1 is 0.955 bits per heavy atom. The molecule has 0 unspecified atom stereocenters. The van der Waals surface area contributed by atoms with Crippen LogP contribution < -0.4 is 0 Å². The van der Waals surface area contributed by atoms with Gasteiger partial charge in [-0.05, 0) is 38.0 Å². The molecule has 0 aliphatic carbocycles. The zero-order valence-electron chi connectivity index (χ0n) is 13.5. The topological polar surface area (TPSA) is 20.3 Å². The van der Waals surface area contributed by atoms with Crippen LogP contribution >= 0.6 is 0 Å². The summed E-state index contributed by atoms with van der Waals surface area (Å²) in [6.45, 7) is 6.79. The van der Waals surface area contributed by atoms with E-state index in [2.05, 4.69) is 20.8 Å². The molecule has 0 atom stereocenters. The summed E-state index contributed by atoms with van der Waals surface area (Å²) in [4.78, 5) is 14.5. The van der Waals surface area contributed by atoms with Gasteiger partial charge in [0.15, 0.2) is 0 Å². The van der Waals surface area contributed by atoms with Crippen LogP contribution in [0.4, 0.5) is 0 Å². The van der Waals surface area contributed by atoms with Gasteiger partial charge in [0.25, 0.3) is 0 Å². The number of hydrogen-bond acceptors (Lipinski definition) is 1. The van der Waals surface area contributed by atoms with Crippen LogP contribution in [0.15, 0.2) is 66.7 Å². The van der Waals surface area contributed by atoms with Crippen LogP contribution in [-0.2, 0) is 11.3 Å². The van der Waals surface area contributed by atoms with E-state index in [1.54, 1.807) is 6.08 Å². The van der Waals surface area contributed by atoms with Crippen molar-refractivity contribution >= 4 is 12.0 Å². The molecule has 1 amide bonds. The molecular formula is C20H23NO. The van der Waals surface area contributed by atoms with Crippen LogP contribution in [0.5, 0.6) is 0 Å². The minimum absolute atomic E-state index is 0.0280. The van der Waals surface area contributed by atoms with Gasteiger partial charge in [-0.25, -0.2) is 0 Å². The second kappa shape index (κ2) is 7.08. The lowest BCUT2D eigenvalue weighted by molar-refractivity contribution is -0.131. The lowest BCUT2D eigenvalue weighted by atomic mass is 10.0. The summed E-state index contributed by atoms with van der Waals surface area (Å²) in [6.07, 6.45) is 3.52. The monoisotopic (exact) mass is 293 g/mol. The molecule has 0 aliphatic heterocycles. The highest BCUT2D eigenvalue weighted by Crippen LogP contribution is 2.18. The zero-order chi connectivity index (χ0) is 16.0. The summed E-state index contributed by atoms with van der Waals surface area (Å²) in [5, 5.41) is 0. The van der Waals surface area contributed by atoms with E-state index in [0.717, 1.165) is 11.1 Å². The Hall–Kier alpha value is -2.35. The second-order valence-electron chi connectivity index (χ2n) is 6.32. The highest BCUT2D eigenvalue weighted by atomic mass is 16.2. The van der Waals surface area contributed by atoms with Gasteiger partial charge < -0.3 is 4.90 Å². The Kier molecular flexibility index (Phi) is 5.16. The van der Waals surface area contributed by atoms with Gasteiger partial charge in [-0.15, -0.1) is 0 Å².